The van der Waals surface area contributed by atoms with E-state index in [-0.39, 0.29) is 17.8 Å². The quantitative estimate of drug-likeness (QED) is 0.370. The van der Waals surface area contributed by atoms with Crippen LogP contribution in [0.25, 0.3) is 0 Å². The molecular formula is C25H24FNOS. The standard InChI is InChI=1S/C25H24FNOS/c1-18(2)16-24(28)27-25(20-8-12-22(26)13-9-20)21-10-14-23(15-11-21)29-17-19-6-4-3-5-7-19/h3-16,25H,17H2,1-2H3,(H,27,28). The van der Waals surface area contributed by atoms with Crippen LogP contribution in [0.2, 0.25) is 0 Å². The summed E-state index contributed by atoms with van der Waals surface area (Å²) in [4.78, 5) is 13.5. The van der Waals surface area contributed by atoms with E-state index in [1.54, 1.807) is 30.0 Å². The summed E-state index contributed by atoms with van der Waals surface area (Å²) in [5.74, 6) is 0.441. The van der Waals surface area contributed by atoms with Crippen molar-refractivity contribution in [2.24, 2.45) is 0 Å². The SMILES string of the molecule is CC(C)=CC(=O)NC(c1ccc(F)cc1)c1ccc(SCc2ccccc2)cc1. The number of benzene rings is 3. The summed E-state index contributed by atoms with van der Waals surface area (Å²) < 4.78 is 13.4. The number of amides is 1. The van der Waals surface area contributed by atoms with Crippen LogP contribution in [-0.4, -0.2) is 5.91 Å². The third kappa shape index (κ3) is 6.33. The predicted octanol–water partition coefficient (Wildman–Crippen LogP) is 6.29. The number of thioether (sulfide) groups is 1. The third-order valence-electron chi connectivity index (χ3n) is 4.37. The normalized spacial score (nSPS) is 11.6. The summed E-state index contributed by atoms with van der Waals surface area (Å²) in [6.45, 7) is 3.76. The maximum absolute atomic E-state index is 13.4. The Bertz CT molecular complexity index is 962. The zero-order valence-corrected chi connectivity index (χ0v) is 17.4. The van der Waals surface area contributed by atoms with E-state index in [1.807, 2.05) is 44.2 Å². The molecule has 2 nitrogen and oxygen atoms in total. The molecule has 0 aliphatic carbocycles. The lowest BCUT2D eigenvalue weighted by atomic mass is 9.98. The third-order valence-corrected chi connectivity index (χ3v) is 5.45. The van der Waals surface area contributed by atoms with E-state index < -0.39 is 0 Å². The van der Waals surface area contributed by atoms with Crippen molar-refractivity contribution in [3.8, 4) is 0 Å². The van der Waals surface area contributed by atoms with Gasteiger partial charge in [0.15, 0.2) is 0 Å². The Morgan fingerprint density at radius 3 is 2.10 bits per heavy atom. The number of nitrogens with one attached hydrogen (secondary N) is 1. The van der Waals surface area contributed by atoms with Gasteiger partial charge in [0, 0.05) is 16.7 Å². The maximum atomic E-state index is 13.4. The van der Waals surface area contributed by atoms with Crippen LogP contribution < -0.4 is 5.32 Å². The van der Waals surface area contributed by atoms with Gasteiger partial charge in [0.05, 0.1) is 6.04 Å². The number of rotatable bonds is 7. The Hall–Kier alpha value is -2.85. The van der Waals surface area contributed by atoms with Crippen LogP contribution in [-0.2, 0) is 10.5 Å². The average molecular weight is 406 g/mol. The van der Waals surface area contributed by atoms with Crippen LogP contribution in [0.4, 0.5) is 4.39 Å². The molecule has 0 heterocycles. The molecule has 3 rings (SSSR count). The lowest BCUT2D eigenvalue weighted by Crippen LogP contribution is -2.28. The Morgan fingerprint density at radius 1 is 0.931 bits per heavy atom. The monoisotopic (exact) mass is 405 g/mol. The van der Waals surface area contributed by atoms with Crippen molar-refractivity contribution >= 4 is 17.7 Å². The van der Waals surface area contributed by atoms with Gasteiger partial charge in [-0.3, -0.25) is 4.79 Å². The van der Waals surface area contributed by atoms with Gasteiger partial charge in [-0.1, -0.05) is 60.2 Å². The fraction of sp³-hybridized carbons (Fsp3) is 0.160. The van der Waals surface area contributed by atoms with Crippen LogP contribution >= 0.6 is 11.8 Å². The number of halogens is 1. The first kappa shape index (κ1) is 20.9. The van der Waals surface area contributed by atoms with Gasteiger partial charge in [-0.2, -0.15) is 0 Å². The second kappa shape index (κ2) is 10.1. The Morgan fingerprint density at radius 2 is 1.52 bits per heavy atom. The summed E-state index contributed by atoms with van der Waals surface area (Å²) in [6.07, 6.45) is 1.57. The van der Waals surface area contributed by atoms with Gasteiger partial charge in [0.2, 0.25) is 5.91 Å². The lowest BCUT2D eigenvalue weighted by molar-refractivity contribution is -0.117. The highest BCUT2D eigenvalue weighted by Gasteiger charge is 2.16. The zero-order chi connectivity index (χ0) is 20.6. The Balaban J connectivity index is 1.78. The first-order valence-electron chi connectivity index (χ1n) is 9.49. The molecule has 3 aromatic rings. The van der Waals surface area contributed by atoms with E-state index in [4.69, 9.17) is 0 Å². The van der Waals surface area contributed by atoms with Crippen molar-refractivity contribution in [2.45, 2.75) is 30.5 Å². The first-order valence-corrected chi connectivity index (χ1v) is 10.5. The van der Waals surface area contributed by atoms with Gasteiger partial charge in [-0.05, 0) is 54.8 Å². The highest BCUT2D eigenvalue weighted by atomic mass is 32.2. The second-order valence-electron chi connectivity index (χ2n) is 7.06. The van der Waals surface area contributed by atoms with Crippen molar-refractivity contribution in [2.75, 3.05) is 0 Å². The van der Waals surface area contributed by atoms with Crippen molar-refractivity contribution in [3.63, 3.8) is 0 Å². The molecule has 0 radical (unpaired) electrons. The summed E-state index contributed by atoms with van der Waals surface area (Å²) in [5, 5.41) is 3.03. The molecule has 0 aromatic heterocycles. The maximum Gasteiger partial charge on any atom is 0.244 e. The van der Waals surface area contributed by atoms with E-state index >= 15 is 0 Å². The number of carbonyl (C=O) groups is 1. The number of hydrogen-bond acceptors (Lipinski definition) is 2. The number of carbonyl (C=O) groups excluding carboxylic acids is 1. The van der Waals surface area contributed by atoms with E-state index in [0.717, 1.165) is 27.3 Å². The smallest absolute Gasteiger partial charge is 0.244 e. The topological polar surface area (TPSA) is 29.1 Å². The molecule has 29 heavy (non-hydrogen) atoms. The molecule has 0 saturated carbocycles. The lowest BCUT2D eigenvalue weighted by Gasteiger charge is -2.19. The van der Waals surface area contributed by atoms with E-state index in [2.05, 4.69) is 29.6 Å². The summed E-state index contributed by atoms with van der Waals surface area (Å²) in [6, 6.07) is 24.4. The van der Waals surface area contributed by atoms with Gasteiger partial charge >= 0.3 is 0 Å². The van der Waals surface area contributed by atoms with Gasteiger partial charge < -0.3 is 5.32 Å². The molecule has 0 bridgehead atoms. The predicted molar refractivity (Wildman–Crippen MR) is 118 cm³/mol. The number of allylic oxidation sites excluding steroid dienone is 1. The molecule has 1 unspecified atom stereocenters. The molecule has 1 amide bonds. The molecule has 0 fully saturated rings. The second-order valence-corrected chi connectivity index (χ2v) is 8.11. The van der Waals surface area contributed by atoms with Crippen LogP contribution in [0.15, 0.2) is 95.4 Å². The molecule has 4 heteroatoms. The molecular weight excluding hydrogens is 381 g/mol. The fourth-order valence-corrected chi connectivity index (χ4v) is 3.81. The minimum absolute atomic E-state index is 0.165. The van der Waals surface area contributed by atoms with E-state index in [9.17, 15) is 9.18 Å². The zero-order valence-electron chi connectivity index (χ0n) is 16.6. The molecule has 0 aliphatic rings. The first-order chi connectivity index (χ1) is 14.0. The highest BCUT2D eigenvalue weighted by Crippen LogP contribution is 2.27. The van der Waals surface area contributed by atoms with E-state index in [0.29, 0.717) is 0 Å². The molecule has 3 aromatic carbocycles. The molecule has 0 spiro atoms. The summed E-state index contributed by atoms with van der Waals surface area (Å²) in [7, 11) is 0. The highest BCUT2D eigenvalue weighted by molar-refractivity contribution is 7.98. The van der Waals surface area contributed by atoms with Gasteiger partial charge in [-0.25, -0.2) is 4.39 Å². The summed E-state index contributed by atoms with van der Waals surface area (Å²) in [5.41, 5.74) is 4.00. The van der Waals surface area contributed by atoms with Crippen LogP contribution in [0.5, 0.6) is 0 Å². The minimum atomic E-state index is -0.341. The Kier molecular flexibility index (Phi) is 7.25. The van der Waals surface area contributed by atoms with Gasteiger partial charge in [0.25, 0.3) is 0 Å². The van der Waals surface area contributed by atoms with Crippen molar-refractivity contribution in [3.05, 3.63) is 113 Å². The number of hydrogen-bond donors (Lipinski definition) is 1. The van der Waals surface area contributed by atoms with E-state index in [1.165, 1.54) is 17.7 Å². The minimum Gasteiger partial charge on any atom is -0.342 e. The van der Waals surface area contributed by atoms with Crippen LogP contribution in [0.1, 0.15) is 36.6 Å². The fourth-order valence-electron chi connectivity index (χ4n) is 2.96. The molecule has 1 atom stereocenters. The largest absolute Gasteiger partial charge is 0.342 e. The molecule has 1 N–H and O–H groups in total. The van der Waals surface area contributed by atoms with Crippen molar-refractivity contribution < 1.29 is 9.18 Å². The van der Waals surface area contributed by atoms with Gasteiger partial charge in [-0.15, -0.1) is 11.8 Å². The average Bonchev–Trinajstić information content (AvgIpc) is 2.72. The Labute approximate surface area is 175 Å². The van der Waals surface area contributed by atoms with Crippen LogP contribution in [0, 0.1) is 5.82 Å². The van der Waals surface area contributed by atoms with Gasteiger partial charge in [0.1, 0.15) is 5.82 Å². The van der Waals surface area contributed by atoms with Crippen molar-refractivity contribution in [1.29, 1.82) is 0 Å². The van der Waals surface area contributed by atoms with Crippen molar-refractivity contribution in [1.82, 2.24) is 5.32 Å². The summed E-state index contributed by atoms with van der Waals surface area (Å²) >= 11 is 1.77. The molecule has 0 aliphatic heterocycles. The molecule has 0 saturated heterocycles. The molecule has 148 valence electrons. The van der Waals surface area contributed by atoms with Crippen LogP contribution in [0.3, 0.4) is 0 Å².